The van der Waals surface area contributed by atoms with Crippen LogP contribution in [0.15, 0.2) is 42.5 Å². The molecule has 2 rings (SSSR count). The molecule has 112 valence electrons. The van der Waals surface area contributed by atoms with E-state index in [9.17, 15) is 8.78 Å². The summed E-state index contributed by atoms with van der Waals surface area (Å²) in [6.45, 7) is 0. The standard InChI is InChI=1S/C16H13Cl3F2/c17-9-16(10-18,12-2-5-14(20)6-3-12)8-11-1-4-13(19)7-15(11)21/h1-7H,8-10H2. The highest BCUT2D eigenvalue weighted by Crippen LogP contribution is 2.33. The topological polar surface area (TPSA) is 0 Å². The maximum absolute atomic E-state index is 14.0. The predicted octanol–water partition coefficient (Wildman–Crippen LogP) is 5.58. The summed E-state index contributed by atoms with van der Waals surface area (Å²) >= 11 is 18.0. The number of alkyl halides is 2. The minimum Gasteiger partial charge on any atom is -0.207 e. The van der Waals surface area contributed by atoms with Gasteiger partial charge in [-0.05, 0) is 41.8 Å². The molecule has 5 heteroatoms. The summed E-state index contributed by atoms with van der Waals surface area (Å²) in [6, 6.07) is 10.5. The maximum Gasteiger partial charge on any atom is 0.127 e. The van der Waals surface area contributed by atoms with Gasteiger partial charge in [-0.2, -0.15) is 0 Å². The third-order valence-electron chi connectivity index (χ3n) is 3.51. The predicted molar refractivity (Wildman–Crippen MR) is 84.6 cm³/mol. The second-order valence-electron chi connectivity index (χ2n) is 4.97. The van der Waals surface area contributed by atoms with Crippen LogP contribution in [0, 0.1) is 11.6 Å². The molecule has 0 radical (unpaired) electrons. The quantitative estimate of drug-likeness (QED) is 0.618. The zero-order valence-electron chi connectivity index (χ0n) is 11.1. The number of hydrogen-bond acceptors (Lipinski definition) is 0. The van der Waals surface area contributed by atoms with E-state index in [1.54, 1.807) is 24.3 Å². The smallest absolute Gasteiger partial charge is 0.127 e. The highest BCUT2D eigenvalue weighted by atomic mass is 35.5. The van der Waals surface area contributed by atoms with Gasteiger partial charge in [-0.15, -0.1) is 23.2 Å². The van der Waals surface area contributed by atoms with Crippen LogP contribution in [0.2, 0.25) is 5.02 Å². The third-order valence-corrected chi connectivity index (χ3v) is 4.77. The first-order chi connectivity index (χ1) is 10.0. The molecule has 0 saturated heterocycles. The van der Waals surface area contributed by atoms with Crippen molar-refractivity contribution in [3.8, 4) is 0 Å². The van der Waals surface area contributed by atoms with E-state index in [1.165, 1.54) is 18.2 Å². The van der Waals surface area contributed by atoms with E-state index in [1.807, 2.05) is 0 Å². The highest BCUT2D eigenvalue weighted by molar-refractivity contribution is 6.30. The largest absolute Gasteiger partial charge is 0.207 e. The molecule has 0 saturated carbocycles. The molecule has 0 aliphatic carbocycles. The normalized spacial score (nSPS) is 11.7. The van der Waals surface area contributed by atoms with Gasteiger partial charge in [0, 0.05) is 22.2 Å². The van der Waals surface area contributed by atoms with Gasteiger partial charge >= 0.3 is 0 Å². The molecule has 0 aliphatic rings. The summed E-state index contributed by atoms with van der Waals surface area (Å²) in [6.07, 6.45) is 0.314. The molecule has 0 nitrogen and oxygen atoms in total. The molecule has 0 N–H and O–H groups in total. The summed E-state index contributed by atoms with van der Waals surface area (Å²) in [4.78, 5) is 0. The van der Waals surface area contributed by atoms with Gasteiger partial charge < -0.3 is 0 Å². The van der Waals surface area contributed by atoms with Crippen LogP contribution in [0.3, 0.4) is 0 Å². The Hall–Kier alpha value is -0.830. The fraction of sp³-hybridized carbons (Fsp3) is 0.250. The summed E-state index contributed by atoms with van der Waals surface area (Å²) < 4.78 is 27.1. The van der Waals surface area contributed by atoms with Crippen LogP contribution in [0.1, 0.15) is 11.1 Å². The van der Waals surface area contributed by atoms with Gasteiger partial charge in [-0.3, -0.25) is 0 Å². The van der Waals surface area contributed by atoms with Crippen molar-refractivity contribution in [2.75, 3.05) is 11.8 Å². The molecule has 0 heterocycles. The van der Waals surface area contributed by atoms with E-state index >= 15 is 0 Å². The summed E-state index contributed by atoms with van der Waals surface area (Å²) in [5.74, 6) is -0.340. The van der Waals surface area contributed by atoms with Crippen molar-refractivity contribution in [1.29, 1.82) is 0 Å². The highest BCUT2D eigenvalue weighted by Gasteiger charge is 2.32. The van der Waals surface area contributed by atoms with Gasteiger partial charge in [0.05, 0.1) is 0 Å². The van der Waals surface area contributed by atoms with Crippen molar-refractivity contribution in [3.63, 3.8) is 0 Å². The van der Waals surface area contributed by atoms with E-state index in [-0.39, 0.29) is 17.6 Å². The maximum atomic E-state index is 14.0. The summed E-state index contributed by atoms with van der Waals surface area (Å²) in [5.41, 5.74) is 0.596. The van der Waals surface area contributed by atoms with E-state index in [0.29, 0.717) is 17.0 Å². The molecule has 0 amide bonds. The Labute approximate surface area is 137 Å². The molecule has 0 atom stereocenters. The molecular weight excluding hydrogens is 337 g/mol. The minimum atomic E-state index is -0.661. The Morgan fingerprint density at radius 3 is 2.05 bits per heavy atom. The van der Waals surface area contributed by atoms with Crippen LogP contribution in [-0.2, 0) is 11.8 Å². The molecule has 2 aromatic rings. The second kappa shape index (κ2) is 6.95. The van der Waals surface area contributed by atoms with Crippen LogP contribution in [0.25, 0.3) is 0 Å². The van der Waals surface area contributed by atoms with Crippen LogP contribution in [-0.4, -0.2) is 11.8 Å². The number of halogens is 5. The van der Waals surface area contributed by atoms with Gasteiger partial charge in [0.15, 0.2) is 0 Å². The van der Waals surface area contributed by atoms with E-state index in [4.69, 9.17) is 34.8 Å². The van der Waals surface area contributed by atoms with Crippen molar-refractivity contribution in [2.45, 2.75) is 11.8 Å². The molecule has 2 aromatic carbocycles. The SMILES string of the molecule is Fc1ccc(C(CCl)(CCl)Cc2ccc(Cl)cc2F)cc1. The van der Waals surface area contributed by atoms with Crippen molar-refractivity contribution >= 4 is 34.8 Å². The molecule has 0 fully saturated rings. The van der Waals surface area contributed by atoms with Crippen LogP contribution < -0.4 is 0 Å². The summed E-state index contributed by atoms with van der Waals surface area (Å²) in [5, 5.41) is 0.334. The molecule has 0 spiro atoms. The fourth-order valence-electron chi connectivity index (χ4n) is 2.22. The number of rotatable bonds is 5. The Kier molecular flexibility index (Phi) is 5.48. The molecule has 0 aromatic heterocycles. The van der Waals surface area contributed by atoms with E-state index in [2.05, 4.69) is 0 Å². The lowest BCUT2D eigenvalue weighted by Gasteiger charge is -2.30. The van der Waals surface area contributed by atoms with Crippen molar-refractivity contribution < 1.29 is 8.78 Å². The van der Waals surface area contributed by atoms with Crippen LogP contribution >= 0.6 is 34.8 Å². The fourth-order valence-corrected chi connectivity index (χ4v) is 3.16. The molecule has 0 unspecified atom stereocenters. The third kappa shape index (κ3) is 3.68. The van der Waals surface area contributed by atoms with Gasteiger partial charge in [0.1, 0.15) is 11.6 Å². The first kappa shape index (κ1) is 16.5. The van der Waals surface area contributed by atoms with Crippen molar-refractivity contribution in [3.05, 3.63) is 70.2 Å². The first-order valence-electron chi connectivity index (χ1n) is 6.33. The monoisotopic (exact) mass is 348 g/mol. The average molecular weight is 350 g/mol. The first-order valence-corrected chi connectivity index (χ1v) is 7.77. The molecule has 0 bridgehead atoms. The van der Waals surface area contributed by atoms with E-state index < -0.39 is 11.2 Å². The average Bonchev–Trinajstić information content (AvgIpc) is 2.48. The van der Waals surface area contributed by atoms with Crippen LogP contribution in [0.4, 0.5) is 8.78 Å². The molecule has 0 aliphatic heterocycles. The lowest BCUT2D eigenvalue weighted by Crippen LogP contribution is -2.33. The number of hydrogen-bond donors (Lipinski definition) is 0. The van der Waals surface area contributed by atoms with Gasteiger partial charge in [-0.1, -0.05) is 29.8 Å². The second-order valence-corrected chi connectivity index (χ2v) is 5.94. The Morgan fingerprint density at radius 2 is 1.52 bits per heavy atom. The molecule has 21 heavy (non-hydrogen) atoms. The van der Waals surface area contributed by atoms with Crippen molar-refractivity contribution in [1.82, 2.24) is 0 Å². The van der Waals surface area contributed by atoms with E-state index in [0.717, 1.165) is 5.56 Å². The van der Waals surface area contributed by atoms with Gasteiger partial charge in [0.2, 0.25) is 0 Å². The lowest BCUT2D eigenvalue weighted by molar-refractivity contribution is 0.510. The zero-order valence-corrected chi connectivity index (χ0v) is 13.3. The Morgan fingerprint density at radius 1 is 0.905 bits per heavy atom. The Balaban J connectivity index is 2.40. The Bertz CT molecular complexity index is 607. The minimum absolute atomic E-state index is 0.199. The zero-order chi connectivity index (χ0) is 15.5. The van der Waals surface area contributed by atoms with Crippen molar-refractivity contribution in [2.24, 2.45) is 0 Å². The molecular formula is C16H13Cl3F2. The van der Waals surface area contributed by atoms with Gasteiger partial charge in [0.25, 0.3) is 0 Å². The number of benzene rings is 2. The summed E-state index contributed by atoms with van der Waals surface area (Å²) in [7, 11) is 0. The van der Waals surface area contributed by atoms with Crippen LogP contribution in [0.5, 0.6) is 0 Å². The van der Waals surface area contributed by atoms with Gasteiger partial charge in [-0.25, -0.2) is 8.78 Å². The lowest BCUT2D eigenvalue weighted by atomic mass is 9.78.